The number of hydrogen-bond acceptors (Lipinski definition) is 3. The summed E-state index contributed by atoms with van der Waals surface area (Å²) < 4.78 is 1.90. The van der Waals surface area contributed by atoms with E-state index in [9.17, 15) is 0 Å². The SMILES string of the molecule is CCc1nn(C)cc1NC1CCN(C)CC1. The molecule has 1 aliphatic heterocycles. The highest BCUT2D eigenvalue weighted by Gasteiger charge is 2.17. The third-order valence-corrected chi connectivity index (χ3v) is 3.32. The molecule has 1 aliphatic rings. The quantitative estimate of drug-likeness (QED) is 0.841. The number of aromatic nitrogens is 2. The molecule has 0 radical (unpaired) electrons. The Labute approximate surface area is 97.6 Å². The van der Waals surface area contributed by atoms with Crippen molar-refractivity contribution in [3.63, 3.8) is 0 Å². The zero-order chi connectivity index (χ0) is 11.5. The summed E-state index contributed by atoms with van der Waals surface area (Å²) in [5.74, 6) is 0. The molecule has 1 N–H and O–H groups in total. The third kappa shape index (κ3) is 2.55. The van der Waals surface area contributed by atoms with Crippen LogP contribution in [0.25, 0.3) is 0 Å². The monoisotopic (exact) mass is 222 g/mol. The summed E-state index contributed by atoms with van der Waals surface area (Å²) in [6.45, 7) is 4.54. The molecule has 4 nitrogen and oxygen atoms in total. The second-order valence-electron chi connectivity index (χ2n) is 4.74. The normalized spacial score (nSPS) is 18.9. The summed E-state index contributed by atoms with van der Waals surface area (Å²) >= 11 is 0. The van der Waals surface area contributed by atoms with Gasteiger partial charge >= 0.3 is 0 Å². The van der Waals surface area contributed by atoms with E-state index in [0.29, 0.717) is 6.04 Å². The summed E-state index contributed by atoms with van der Waals surface area (Å²) in [5, 5.41) is 8.09. The maximum absolute atomic E-state index is 4.45. The largest absolute Gasteiger partial charge is 0.379 e. The van der Waals surface area contributed by atoms with Crippen LogP contribution in [-0.2, 0) is 13.5 Å². The van der Waals surface area contributed by atoms with Gasteiger partial charge in [-0.15, -0.1) is 0 Å². The fourth-order valence-corrected chi connectivity index (χ4v) is 2.29. The van der Waals surface area contributed by atoms with Gasteiger partial charge in [0.15, 0.2) is 0 Å². The van der Waals surface area contributed by atoms with Gasteiger partial charge in [0.1, 0.15) is 0 Å². The minimum atomic E-state index is 0.616. The highest BCUT2D eigenvalue weighted by atomic mass is 15.3. The number of nitrogens with one attached hydrogen (secondary N) is 1. The Morgan fingerprint density at radius 3 is 2.69 bits per heavy atom. The van der Waals surface area contributed by atoms with Crippen molar-refractivity contribution >= 4 is 5.69 Å². The number of nitrogens with zero attached hydrogens (tertiary/aromatic N) is 3. The Morgan fingerprint density at radius 2 is 2.06 bits per heavy atom. The fraction of sp³-hybridized carbons (Fsp3) is 0.750. The molecule has 1 fully saturated rings. The molecule has 2 rings (SSSR count). The number of hydrogen-bond donors (Lipinski definition) is 1. The molecule has 0 saturated carbocycles. The van der Waals surface area contributed by atoms with Gasteiger partial charge < -0.3 is 10.2 Å². The molecule has 0 unspecified atom stereocenters. The molecule has 1 saturated heterocycles. The van der Waals surface area contributed by atoms with Crippen molar-refractivity contribution in [1.29, 1.82) is 0 Å². The predicted molar refractivity (Wildman–Crippen MR) is 66.7 cm³/mol. The molecule has 0 atom stereocenters. The molecule has 0 aromatic carbocycles. The van der Waals surface area contributed by atoms with Gasteiger partial charge in [-0.3, -0.25) is 4.68 Å². The summed E-state index contributed by atoms with van der Waals surface area (Å²) in [6, 6.07) is 0.616. The maximum Gasteiger partial charge on any atom is 0.0853 e. The van der Waals surface area contributed by atoms with Gasteiger partial charge in [-0.25, -0.2) is 0 Å². The molecular weight excluding hydrogens is 200 g/mol. The lowest BCUT2D eigenvalue weighted by atomic mass is 10.1. The molecule has 2 heterocycles. The van der Waals surface area contributed by atoms with Gasteiger partial charge in [0.25, 0.3) is 0 Å². The number of likely N-dealkylation sites (tertiary alicyclic amines) is 1. The van der Waals surface area contributed by atoms with Gasteiger partial charge in [-0.2, -0.15) is 5.10 Å². The molecule has 0 spiro atoms. The van der Waals surface area contributed by atoms with E-state index >= 15 is 0 Å². The fourth-order valence-electron chi connectivity index (χ4n) is 2.29. The summed E-state index contributed by atoms with van der Waals surface area (Å²) in [7, 11) is 4.18. The topological polar surface area (TPSA) is 33.1 Å². The zero-order valence-corrected chi connectivity index (χ0v) is 10.5. The van der Waals surface area contributed by atoms with Crippen molar-refractivity contribution in [3.05, 3.63) is 11.9 Å². The van der Waals surface area contributed by atoms with Gasteiger partial charge in [0, 0.05) is 19.3 Å². The first kappa shape index (κ1) is 11.5. The summed E-state index contributed by atoms with van der Waals surface area (Å²) in [4.78, 5) is 2.39. The van der Waals surface area contributed by atoms with Crippen LogP contribution in [0.15, 0.2) is 6.20 Å². The number of anilines is 1. The molecule has 0 amide bonds. The Kier molecular flexibility index (Phi) is 3.49. The minimum absolute atomic E-state index is 0.616. The first-order chi connectivity index (χ1) is 7.69. The number of piperidine rings is 1. The van der Waals surface area contributed by atoms with Crippen molar-refractivity contribution in [1.82, 2.24) is 14.7 Å². The average Bonchev–Trinajstić information content (AvgIpc) is 2.62. The highest BCUT2D eigenvalue weighted by molar-refractivity contribution is 5.47. The standard InChI is InChI=1S/C12H22N4/c1-4-11-12(9-16(3)14-11)13-10-5-7-15(2)8-6-10/h9-10,13H,4-8H2,1-3H3. The second kappa shape index (κ2) is 4.87. The van der Waals surface area contributed by atoms with Crippen LogP contribution < -0.4 is 5.32 Å². The first-order valence-corrected chi connectivity index (χ1v) is 6.16. The average molecular weight is 222 g/mol. The highest BCUT2D eigenvalue weighted by Crippen LogP contribution is 2.19. The van der Waals surface area contributed by atoms with E-state index < -0.39 is 0 Å². The second-order valence-corrected chi connectivity index (χ2v) is 4.74. The van der Waals surface area contributed by atoms with E-state index in [1.54, 1.807) is 0 Å². The van der Waals surface area contributed by atoms with Gasteiger partial charge in [0.2, 0.25) is 0 Å². The van der Waals surface area contributed by atoms with Crippen molar-refractivity contribution in [3.8, 4) is 0 Å². The summed E-state index contributed by atoms with van der Waals surface area (Å²) in [5.41, 5.74) is 2.40. The van der Waals surface area contributed by atoms with Crippen LogP contribution in [0.1, 0.15) is 25.5 Å². The van der Waals surface area contributed by atoms with E-state index in [-0.39, 0.29) is 0 Å². The molecule has 16 heavy (non-hydrogen) atoms. The Morgan fingerprint density at radius 1 is 1.38 bits per heavy atom. The zero-order valence-electron chi connectivity index (χ0n) is 10.5. The first-order valence-electron chi connectivity index (χ1n) is 6.16. The molecule has 0 aliphatic carbocycles. The van der Waals surface area contributed by atoms with E-state index in [2.05, 4.69) is 35.5 Å². The third-order valence-electron chi connectivity index (χ3n) is 3.32. The van der Waals surface area contributed by atoms with Crippen LogP contribution in [0.4, 0.5) is 5.69 Å². The number of aryl methyl sites for hydroxylation is 2. The van der Waals surface area contributed by atoms with Crippen molar-refractivity contribution in [2.24, 2.45) is 7.05 Å². The minimum Gasteiger partial charge on any atom is -0.379 e. The van der Waals surface area contributed by atoms with Gasteiger partial charge in [0.05, 0.1) is 11.4 Å². The van der Waals surface area contributed by atoms with Crippen LogP contribution in [0.2, 0.25) is 0 Å². The van der Waals surface area contributed by atoms with E-state index in [4.69, 9.17) is 0 Å². The maximum atomic E-state index is 4.45. The van der Waals surface area contributed by atoms with Crippen molar-refractivity contribution in [2.45, 2.75) is 32.2 Å². The Balaban J connectivity index is 1.97. The van der Waals surface area contributed by atoms with E-state index in [1.165, 1.54) is 37.3 Å². The number of rotatable bonds is 3. The smallest absolute Gasteiger partial charge is 0.0853 e. The van der Waals surface area contributed by atoms with E-state index in [1.807, 2.05) is 11.7 Å². The van der Waals surface area contributed by atoms with Crippen LogP contribution >= 0.6 is 0 Å². The molecule has 0 bridgehead atoms. The van der Waals surface area contributed by atoms with Crippen molar-refractivity contribution in [2.75, 3.05) is 25.5 Å². The van der Waals surface area contributed by atoms with Crippen LogP contribution in [0, 0.1) is 0 Å². The molecule has 4 heteroatoms. The lowest BCUT2D eigenvalue weighted by molar-refractivity contribution is 0.264. The van der Waals surface area contributed by atoms with Crippen LogP contribution in [0.5, 0.6) is 0 Å². The van der Waals surface area contributed by atoms with Crippen molar-refractivity contribution < 1.29 is 0 Å². The van der Waals surface area contributed by atoms with Gasteiger partial charge in [-0.05, 0) is 39.4 Å². The van der Waals surface area contributed by atoms with E-state index in [0.717, 1.165) is 6.42 Å². The lowest BCUT2D eigenvalue weighted by Gasteiger charge is -2.29. The van der Waals surface area contributed by atoms with Crippen LogP contribution in [-0.4, -0.2) is 40.9 Å². The predicted octanol–water partition coefficient (Wildman–Crippen LogP) is 1.49. The Bertz CT molecular complexity index is 337. The molecule has 90 valence electrons. The molecule has 1 aromatic heterocycles. The molecule has 1 aromatic rings. The summed E-state index contributed by atoms with van der Waals surface area (Å²) in [6.07, 6.45) is 5.55. The van der Waals surface area contributed by atoms with Crippen LogP contribution in [0.3, 0.4) is 0 Å². The van der Waals surface area contributed by atoms with Gasteiger partial charge in [-0.1, -0.05) is 6.92 Å². The molecular formula is C12H22N4. The Hall–Kier alpha value is -1.03. The lowest BCUT2D eigenvalue weighted by Crippen LogP contribution is -2.36.